The summed E-state index contributed by atoms with van der Waals surface area (Å²) in [5, 5.41) is 13.3. The van der Waals surface area contributed by atoms with Crippen LogP contribution in [0, 0.1) is 0 Å². The summed E-state index contributed by atoms with van der Waals surface area (Å²) in [6, 6.07) is 14.7. The highest BCUT2D eigenvalue weighted by Crippen LogP contribution is 2.29. The van der Waals surface area contributed by atoms with Crippen molar-refractivity contribution in [3.05, 3.63) is 76.2 Å². The summed E-state index contributed by atoms with van der Waals surface area (Å²) in [6.07, 6.45) is 1.45. The molecule has 0 unspecified atom stereocenters. The molecule has 2 heterocycles. The van der Waals surface area contributed by atoms with Crippen molar-refractivity contribution < 1.29 is 14.7 Å². The van der Waals surface area contributed by atoms with Crippen LogP contribution in [0.4, 0.5) is 5.69 Å². The van der Waals surface area contributed by atoms with E-state index in [0.717, 1.165) is 5.56 Å². The fourth-order valence-electron chi connectivity index (χ4n) is 3.36. The van der Waals surface area contributed by atoms with E-state index in [1.54, 1.807) is 18.2 Å². The minimum atomic E-state index is -0.991. The lowest BCUT2D eigenvalue weighted by atomic mass is 10.1. The van der Waals surface area contributed by atoms with E-state index >= 15 is 0 Å². The number of carboxylic acids is 1. The van der Waals surface area contributed by atoms with Gasteiger partial charge >= 0.3 is 5.97 Å². The minimum Gasteiger partial charge on any atom is -0.481 e. The van der Waals surface area contributed by atoms with Gasteiger partial charge in [-0.15, -0.1) is 0 Å². The van der Waals surface area contributed by atoms with Gasteiger partial charge in [0.25, 0.3) is 5.56 Å². The summed E-state index contributed by atoms with van der Waals surface area (Å²) in [7, 11) is 0. The number of benzene rings is 2. The lowest BCUT2D eigenvalue weighted by Crippen LogP contribution is -2.14. The number of aliphatic carboxylic acids is 1. The zero-order chi connectivity index (χ0) is 19.7. The Balaban J connectivity index is 1.72. The van der Waals surface area contributed by atoms with Crippen LogP contribution >= 0.6 is 0 Å². The quantitative estimate of drug-likeness (QED) is 0.429. The maximum atomic E-state index is 12.3. The van der Waals surface area contributed by atoms with Crippen LogP contribution < -0.4 is 10.9 Å². The topological polar surface area (TPSA) is 115 Å². The molecule has 0 aliphatic carbocycles. The minimum absolute atomic E-state index is 0.158. The second-order valence-electron chi connectivity index (χ2n) is 6.56. The van der Waals surface area contributed by atoms with Crippen LogP contribution in [0.2, 0.25) is 0 Å². The Hall–Kier alpha value is -3.87. The van der Waals surface area contributed by atoms with Crippen LogP contribution in [-0.2, 0) is 22.4 Å². The van der Waals surface area contributed by atoms with E-state index in [1.165, 1.54) is 6.20 Å². The highest BCUT2D eigenvalue weighted by atomic mass is 16.4. The van der Waals surface area contributed by atoms with E-state index in [2.05, 4.69) is 15.3 Å². The normalized spacial score (nSPS) is 11.0. The molecular weight excluding hydrogens is 358 g/mol. The average Bonchev–Trinajstić information content (AvgIpc) is 3.04. The van der Waals surface area contributed by atoms with E-state index in [9.17, 15) is 14.4 Å². The molecule has 4 N–H and O–H groups in total. The van der Waals surface area contributed by atoms with Crippen LogP contribution in [0.3, 0.4) is 0 Å². The summed E-state index contributed by atoms with van der Waals surface area (Å²) in [4.78, 5) is 41.3. The fraction of sp³-hybridized carbons (Fsp3) is 0.0952. The number of carboxylic acid groups (broad SMARTS) is 1. The molecule has 0 saturated carbocycles. The first-order valence-corrected chi connectivity index (χ1v) is 8.73. The lowest BCUT2D eigenvalue weighted by Gasteiger charge is -2.06. The average molecular weight is 375 g/mol. The van der Waals surface area contributed by atoms with Crippen molar-refractivity contribution in [1.82, 2.24) is 9.97 Å². The highest BCUT2D eigenvalue weighted by molar-refractivity contribution is 6.10. The summed E-state index contributed by atoms with van der Waals surface area (Å²) in [6.45, 7) is 0. The first-order valence-electron chi connectivity index (χ1n) is 8.73. The largest absolute Gasteiger partial charge is 0.481 e. The Labute approximate surface area is 159 Å². The summed E-state index contributed by atoms with van der Waals surface area (Å²) in [5.74, 6) is -1.15. The fourth-order valence-corrected chi connectivity index (χ4v) is 3.36. The molecule has 0 bridgehead atoms. The molecule has 7 nitrogen and oxygen atoms in total. The molecule has 28 heavy (non-hydrogen) atoms. The first-order chi connectivity index (χ1) is 13.5. The van der Waals surface area contributed by atoms with E-state index in [0.29, 0.717) is 33.1 Å². The van der Waals surface area contributed by atoms with Crippen molar-refractivity contribution in [2.24, 2.45) is 0 Å². The van der Waals surface area contributed by atoms with Gasteiger partial charge < -0.3 is 20.4 Å². The monoisotopic (exact) mass is 375 g/mol. The maximum Gasteiger partial charge on any atom is 0.307 e. The number of carbonyl (C=O) groups excluding carboxylic acids is 1. The van der Waals surface area contributed by atoms with Gasteiger partial charge in [-0.3, -0.25) is 14.4 Å². The highest BCUT2D eigenvalue weighted by Gasteiger charge is 2.15. The van der Waals surface area contributed by atoms with Crippen molar-refractivity contribution >= 4 is 39.4 Å². The lowest BCUT2D eigenvalue weighted by molar-refractivity contribution is -0.136. The number of anilines is 1. The standard InChI is InChI=1S/C21H17N3O4/c25-17(8-12-4-2-1-3-5-12)23-14-6-7-16-15(10-14)19-13(9-18(26)27)11-22-21(28)20(19)24-16/h1-7,10-11,24H,8-9H2,(H,22,28)(H,23,25)(H,26,27). The molecule has 0 aliphatic heterocycles. The number of fused-ring (bicyclic) bond motifs is 3. The summed E-state index contributed by atoms with van der Waals surface area (Å²) < 4.78 is 0. The summed E-state index contributed by atoms with van der Waals surface area (Å²) in [5.41, 5.74) is 2.68. The Morgan fingerprint density at radius 1 is 1.04 bits per heavy atom. The third-order valence-electron chi connectivity index (χ3n) is 4.56. The molecule has 1 amide bonds. The van der Waals surface area contributed by atoms with Gasteiger partial charge in [-0.25, -0.2) is 0 Å². The van der Waals surface area contributed by atoms with Crippen LogP contribution in [0.15, 0.2) is 59.5 Å². The zero-order valence-corrected chi connectivity index (χ0v) is 14.8. The maximum absolute atomic E-state index is 12.3. The SMILES string of the molecule is O=C(O)Cc1c[nH]c(=O)c2[nH]c3ccc(NC(=O)Cc4ccccc4)cc3c12. The van der Waals surface area contributed by atoms with Crippen molar-refractivity contribution in [2.45, 2.75) is 12.8 Å². The molecule has 4 rings (SSSR count). The van der Waals surface area contributed by atoms with Crippen molar-refractivity contribution in [3.63, 3.8) is 0 Å². The Kier molecular flexibility index (Phi) is 4.41. The molecule has 0 spiro atoms. The molecular formula is C21H17N3O4. The van der Waals surface area contributed by atoms with Gasteiger partial charge in [0.15, 0.2) is 0 Å². The van der Waals surface area contributed by atoms with E-state index < -0.39 is 5.97 Å². The molecule has 0 radical (unpaired) electrons. The summed E-state index contributed by atoms with van der Waals surface area (Å²) >= 11 is 0. The molecule has 140 valence electrons. The number of aromatic nitrogens is 2. The van der Waals surface area contributed by atoms with Gasteiger partial charge in [-0.2, -0.15) is 0 Å². The number of amides is 1. The third kappa shape index (κ3) is 3.37. The number of hydrogen-bond donors (Lipinski definition) is 4. The Morgan fingerprint density at radius 3 is 2.57 bits per heavy atom. The van der Waals surface area contributed by atoms with Gasteiger partial charge in [0.05, 0.1) is 12.8 Å². The van der Waals surface area contributed by atoms with Crippen molar-refractivity contribution in [3.8, 4) is 0 Å². The molecule has 2 aromatic carbocycles. The molecule has 7 heteroatoms. The number of carbonyl (C=O) groups is 2. The van der Waals surface area contributed by atoms with E-state index in [4.69, 9.17) is 5.11 Å². The van der Waals surface area contributed by atoms with Crippen LogP contribution in [-0.4, -0.2) is 27.0 Å². The van der Waals surface area contributed by atoms with E-state index in [-0.39, 0.29) is 24.3 Å². The third-order valence-corrected chi connectivity index (χ3v) is 4.56. The Bertz CT molecular complexity index is 1260. The smallest absolute Gasteiger partial charge is 0.307 e. The molecule has 0 atom stereocenters. The van der Waals surface area contributed by atoms with Crippen molar-refractivity contribution in [1.29, 1.82) is 0 Å². The second kappa shape index (κ2) is 7.03. The number of aromatic amines is 2. The number of rotatable bonds is 5. The van der Waals surface area contributed by atoms with Gasteiger partial charge in [0.1, 0.15) is 5.52 Å². The molecule has 0 aliphatic rings. The number of hydrogen-bond acceptors (Lipinski definition) is 3. The Morgan fingerprint density at radius 2 is 1.82 bits per heavy atom. The predicted octanol–water partition coefficient (Wildman–Crippen LogP) is 2.82. The molecule has 0 fully saturated rings. The number of H-pyrrole nitrogens is 2. The van der Waals surface area contributed by atoms with Gasteiger partial charge in [0.2, 0.25) is 5.91 Å². The van der Waals surface area contributed by atoms with Crippen molar-refractivity contribution in [2.75, 3.05) is 5.32 Å². The zero-order valence-electron chi connectivity index (χ0n) is 14.8. The second-order valence-corrected chi connectivity index (χ2v) is 6.56. The molecule has 4 aromatic rings. The molecule has 0 saturated heterocycles. The van der Waals surface area contributed by atoms with Gasteiger partial charge in [-0.05, 0) is 29.3 Å². The molecule has 2 aromatic heterocycles. The van der Waals surface area contributed by atoms with Gasteiger partial charge in [0, 0.05) is 28.2 Å². The van der Waals surface area contributed by atoms with Crippen LogP contribution in [0.5, 0.6) is 0 Å². The van der Waals surface area contributed by atoms with E-state index in [1.807, 2.05) is 30.3 Å². The predicted molar refractivity (Wildman–Crippen MR) is 107 cm³/mol. The first kappa shape index (κ1) is 17.5. The van der Waals surface area contributed by atoms with Gasteiger partial charge in [-0.1, -0.05) is 30.3 Å². The van der Waals surface area contributed by atoms with Crippen LogP contribution in [0.1, 0.15) is 11.1 Å². The number of pyridine rings is 1. The number of nitrogens with one attached hydrogen (secondary N) is 3. The van der Waals surface area contributed by atoms with Crippen LogP contribution in [0.25, 0.3) is 21.8 Å².